The maximum atomic E-state index is 12.4. The summed E-state index contributed by atoms with van der Waals surface area (Å²) in [6.45, 7) is 1.78. The Bertz CT molecular complexity index is 594. The Morgan fingerprint density at radius 1 is 1.45 bits per heavy atom. The van der Waals surface area contributed by atoms with Crippen LogP contribution in [0.1, 0.15) is 39.9 Å². The molecule has 0 N–H and O–H groups in total. The molecular weight excluding hydrogens is 323 g/mol. The van der Waals surface area contributed by atoms with Gasteiger partial charge in [-0.2, -0.15) is 0 Å². The molecule has 20 heavy (non-hydrogen) atoms. The molecule has 2 rings (SSSR count). The Balaban J connectivity index is 2.58. The lowest BCUT2D eigenvalue weighted by atomic mass is 9.83. The molecular formula is C14H12Cl3O3-. The lowest BCUT2D eigenvalue weighted by Crippen LogP contribution is -2.34. The van der Waals surface area contributed by atoms with E-state index in [2.05, 4.69) is 0 Å². The van der Waals surface area contributed by atoms with Gasteiger partial charge in [-0.15, -0.1) is 0 Å². The van der Waals surface area contributed by atoms with Crippen molar-refractivity contribution >= 4 is 46.6 Å². The average molecular weight is 335 g/mol. The van der Waals surface area contributed by atoms with Crippen molar-refractivity contribution in [3.63, 3.8) is 0 Å². The third-order valence-corrected chi connectivity index (χ3v) is 4.60. The largest absolute Gasteiger partial charge is 0.550 e. The van der Waals surface area contributed by atoms with Crippen molar-refractivity contribution in [3.05, 3.63) is 33.3 Å². The maximum absolute atomic E-state index is 12.4. The molecule has 0 aromatic heterocycles. The van der Waals surface area contributed by atoms with E-state index in [0.717, 1.165) is 5.56 Å². The summed E-state index contributed by atoms with van der Waals surface area (Å²) in [4.78, 5) is 23.1. The molecule has 0 aliphatic heterocycles. The van der Waals surface area contributed by atoms with Crippen LogP contribution >= 0.6 is 34.8 Å². The second kappa shape index (κ2) is 5.55. The van der Waals surface area contributed by atoms with Crippen molar-refractivity contribution in [1.82, 2.24) is 0 Å². The van der Waals surface area contributed by atoms with E-state index in [0.29, 0.717) is 34.6 Å². The van der Waals surface area contributed by atoms with Crippen LogP contribution in [0.4, 0.5) is 0 Å². The van der Waals surface area contributed by atoms with Gasteiger partial charge in [0.05, 0.1) is 0 Å². The molecule has 6 heteroatoms. The predicted molar refractivity (Wildman–Crippen MR) is 76.6 cm³/mol. The Hall–Kier alpha value is -0.770. The van der Waals surface area contributed by atoms with Crippen LogP contribution in [0, 0.1) is 6.92 Å². The summed E-state index contributed by atoms with van der Waals surface area (Å²) in [5, 5.41) is 11.1. The van der Waals surface area contributed by atoms with Crippen molar-refractivity contribution in [1.29, 1.82) is 0 Å². The first-order valence-corrected chi connectivity index (χ1v) is 7.30. The normalized spacial score (nSPS) is 16.9. The summed E-state index contributed by atoms with van der Waals surface area (Å²) in [5.41, 5.74) is 2.48. The summed E-state index contributed by atoms with van der Waals surface area (Å²) in [6, 6.07) is 1.74. The second-order valence-electron chi connectivity index (χ2n) is 4.91. The SMILES string of the molecule is Cc1cc(Cl)c2c(c1CCC(=O)[O-])C(=O)C(Cl)(Cl)CC2. The monoisotopic (exact) mass is 333 g/mol. The van der Waals surface area contributed by atoms with Crippen LogP contribution in [-0.2, 0) is 17.6 Å². The number of hydrogen-bond donors (Lipinski definition) is 0. The number of aliphatic carboxylic acids is 1. The number of carboxylic acid groups (broad SMARTS) is 1. The fraction of sp³-hybridized carbons (Fsp3) is 0.429. The third kappa shape index (κ3) is 2.80. The maximum Gasteiger partial charge on any atom is 0.199 e. The number of ketones is 1. The first-order chi connectivity index (χ1) is 9.24. The number of carboxylic acids is 1. The highest BCUT2D eigenvalue weighted by atomic mass is 35.5. The van der Waals surface area contributed by atoms with Crippen LogP contribution in [0.5, 0.6) is 0 Å². The number of Topliss-reactive ketones (excluding diaryl/α,β-unsaturated/α-hetero) is 1. The van der Waals surface area contributed by atoms with Crippen molar-refractivity contribution in [2.24, 2.45) is 0 Å². The van der Waals surface area contributed by atoms with Gasteiger partial charge in [0, 0.05) is 16.6 Å². The zero-order chi connectivity index (χ0) is 15.1. The number of halogens is 3. The van der Waals surface area contributed by atoms with Crippen LogP contribution in [0.3, 0.4) is 0 Å². The van der Waals surface area contributed by atoms with Gasteiger partial charge >= 0.3 is 0 Å². The molecule has 0 radical (unpaired) electrons. The molecule has 0 amide bonds. The quantitative estimate of drug-likeness (QED) is 0.799. The number of aryl methyl sites for hydroxylation is 1. The van der Waals surface area contributed by atoms with Gasteiger partial charge in [-0.25, -0.2) is 0 Å². The molecule has 1 aliphatic carbocycles. The highest BCUT2D eigenvalue weighted by molar-refractivity contribution is 6.60. The van der Waals surface area contributed by atoms with Gasteiger partial charge in [0.1, 0.15) is 0 Å². The van der Waals surface area contributed by atoms with Crippen molar-refractivity contribution in [3.8, 4) is 0 Å². The lowest BCUT2D eigenvalue weighted by Gasteiger charge is -2.29. The van der Waals surface area contributed by atoms with E-state index in [9.17, 15) is 14.7 Å². The summed E-state index contributed by atoms with van der Waals surface area (Å²) < 4.78 is -1.47. The summed E-state index contributed by atoms with van der Waals surface area (Å²) in [6.07, 6.45) is 0.819. The van der Waals surface area contributed by atoms with E-state index < -0.39 is 16.1 Å². The standard InChI is InChI=1S/C14H13Cl3O3/c1-7-6-10(15)9-4-5-14(16,17)13(20)12(9)8(7)2-3-11(18)19/h6H,2-5H2,1H3,(H,18,19)/p-1. The van der Waals surface area contributed by atoms with Gasteiger partial charge in [-0.1, -0.05) is 34.8 Å². The van der Waals surface area contributed by atoms with E-state index in [1.807, 2.05) is 0 Å². The lowest BCUT2D eigenvalue weighted by molar-refractivity contribution is -0.305. The van der Waals surface area contributed by atoms with E-state index in [1.165, 1.54) is 0 Å². The molecule has 0 atom stereocenters. The zero-order valence-electron chi connectivity index (χ0n) is 10.8. The van der Waals surface area contributed by atoms with Crippen LogP contribution in [0.2, 0.25) is 5.02 Å². The average Bonchev–Trinajstić information content (AvgIpc) is 2.33. The van der Waals surface area contributed by atoms with E-state index >= 15 is 0 Å². The molecule has 1 aromatic rings. The summed E-state index contributed by atoms with van der Waals surface area (Å²) in [5.74, 6) is -1.57. The molecule has 0 saturated heterocycles. The minimum Gasteiger partial charge on any atom is -0.550 e. The van der Waals surface area contributed by atoms with Crippen LogP contribution in [0.25, 0.3) is 0 Å². The van der Waals surface area contributed by atoms with Gasteiger partial charge in [0.15, 0.2) is 10.1 Å². The Labute approximate surface area is 131 Å². The van der Waals surface area contributed by atoms with Gasteiger partial charge in [0.25, 0.3) is 0 Å². The number of rotatable bonds is 3. The zero-order valence-corrected chi connectivity index (χ0v) is 13.0. The van der Waals surface area contributed by atoms with Crippen LogP contribution in [0.15, 0.2) is 6.07 Å². The number of benzene rings is 1. The van der Waals surface area contributed by atoms with E-state index in [1.54, 1.807) is 13.0 Å². The second-order valence-corrected chi connectivity index (χ2v) is 6.80. The van der Waals surface area contributed by atoms with E-state index in [4.69, 9.17) is 34.8 Å². The van der Waals surface area contributed by atoms with E-state index in [-0.39, 0.29) is 12.8 Å². The van der Waals surface area contributed by atoms with Crippen molar-refractivity contribution in [2.45, 2.75) is 36.9 Å². The molecule has 0 saturated carbocycles. The molecule has 0 heterocycles. The molecule has 3 nitrogen and oxygen atoms in total. The molecule has 1 aliphatic rings. The molecule has 0 unspecified atom stereocenters. The number of hydrogen-bond acceptors (Lipinski definition) is 3. The molecule has 0 bridgehead atoms. The van der Waals surface area contributed by atoms with Gasteiger partial charge in [0.2, 0.25) is 0 Å². The summed E-state index contributed by atoms with van der Waals surface area (Å²) in [7, 11) is 0. The van der Waals surface area contributed by atoms with Crippen LogP contribution < -0.4 is 5.11 Å². The third-order valence-electron chi connectivity index (χ3n) is 3.54. The van der Waals surface area contributed by atoms with Crippen LogP contribution in [-0.4, -0.2) is 16.1 Å². The smallest absolute Gasteiger partial charge is 0.199 e. The topological polar surface area (TPSA) is 57.2 Å². The number of fused-ring (bicyclic) bond motifs is 1. The number of carbonyl (C=O) groups is 2. The van der Waals surface area contributed by atoms with Gasteiger partial charge in [-0.05, 0) is 55.4 Å². The predicted octanol–water partition coefficient (Wildman–Crippen LogP) is 2.63. The highest BCUT2D eigenvalue weighted by Gasteiger charge is 2.41. The van der Waals surface area contributed by atoms with Gasteiger partial charge in [-0.3, -0.25) is 4.79 Å². The fourth-order valence-corrected chi connectivity index (χ4v) is 3.24. The number of alkyl halides is 2. The molecule has 1 aromatic carbocycles. The Morgan fingerprint density at radius 3 is 2.70 bits per heavy atom. The number of carbonyl (C=O) groups excluding carboxylic acids is 2. The Morgan fingerprint density at radius 2 is 2.10 bits per heavy atom. The fourth-order valence-electron chi connectivity index (χ4n) is 2.51. The summed E-state index contributed by atoms with van der Waals surface area (Å²) >= 11 is 18.2. The highest BCUT2D eigenvalue weighted by Crippen LogP contribution is 2.41. The van der Waals surface area contributed by atoms with Gasteiger partial charge < -0.3 is 9.90 Å². The van der Waals surface area contributed by atoms with Crippen molar-refractivity contribution < 1.29 is 14.7 Å². The first-order valence-electron chi connectivity index (χ1n) is 6.17. The molecule has 0 fully saturated rings. The molecule has 108 valence electrons. The first kappa shape index (κ1) is 15.6. The minimum absolute atomic E-state index is 0.167. The Kier molecular flexibility index (Phi) is 4.33. The minimum atomic E-state index is -1.47. The van der Waals surface area contributed by atoms with Crippen molar-refractivity contribution in [2.75, 3.05) is 0 Å². The molecule has 0 spiro atoms.